The summed E-state index contributed by atoms with van der Waals surface area (Å²) in [7, 11) is 1.60. The number of methoxy groups -OCH3 is 1. The number of halogens is 1. The van der Waals surface area contributed by atoms with Gasteiger partial charge in [0.25, 0.3) is 0 Å². The average Bonchev–Trinajstić information content (AvgIpc) is 3.26. The van der Waals surface area contributed by atoms with Crippen LogP contribution in [-0.2, 0) is 6.42 Å². The maximum absolute atomic E-state index is 14.3. The number of para-hydroxylation sites is 2. The highest BCUT2D eigenvalue weighted by molar-refractivity contribution is 14.1. The first-order chi connectivity index (χ1) is 17.8. The second-order valence-electron chi connectivity index (χ2n) is 10.3. The summed E-state index contributed by atoms with van der Waals surface area (Å²) in [6, 6.07) is 23.0. The number of carbonyl (C=O) groups is 2. The molecule has 0 spiro atoms. The minimum absolute atomic E-state index is 0.00465. The third-order valence-electron chi connectivity index (χ3n) is 7.13. The first-order valence-electron chi connectivity index (χ1n) is 12.2. The smallest absolute Gasteiger partial charge is 0.194 e. The molecule has 0 saturated heterocycles. The zero-order chi connectivity index (χ0) is 25.9. The Bertz CT molecular complexity index is 1680. The van der Waals surface area contributed by atoms with Crippen LogP contribution in [-0.4, -0.2) is 28.2 Å². The van der Waals surface area contributed by atoms with Gasteiger partial charge in [-0.3, -0.25) is 14.2 Å². The molecule has 2 heterocycles. The molecular weight excluding hydrogens is 575 g/mol. The van der Waals surface area contributed by atoms with Crippen molar-refractivity contribution in [1.29, 1.82) is 0 Å². The topological polar surface area (TPSA) is 61.2 Å². The third-order valence-corrected chi connectivity index (χ3v) is 8.04. The molecule has 0 unspecified atom stereocenters. The summed E-state index contributed by atoms with van der Waals surface area (Å²) in [6.07, 6.45) is 1.04. The molecule has 0 aromatic heterocycles. The number of carbonyl (C=O) groups excluding carboxylic acids is 2. The standard InChI is InChI=1S/C31H25IN2O3/c1-31(2)16-24-27(25(35)17-31)28(29(36)18-12-14-19(37-3)15-13-18)26-20-8-4-6-10-22(20)33-30(26)34(24)23-11-7-5-9-21(23)32/h4-15H,16-17H2,1-3H3. The number of hydrogen-bond acceptors (Lipinski definition) is 4. The number of Topliss-reactive ketones (excluding diaryl/α,β-unsaturated/α-hetero) is 1. The zero-order valence-electron chi connectivity index (χ0n) is 20.8. The molecule has 3 aromatic rings. The van der Waals surface area contributed by atoms with Gasteiger partial charge in [-0.05, 0) is 76.9 Å². The van der Waals surface area contributed by atoms with Gasteiger partial charge in [-0.2, -0.15) is 0 Å². The van der Waals surface area contributed by atoms with Crippen LogP contribution in [0.1, 0.15) is 52.2 Å². The maximum Gasteiger partial charge on any atom is 0.194 e. The van der Waals surface area contributed by atoms with E-state index in [1.807, 2.05) is 36.4 Å². The molecule has 6 heteroatoms. The minimum Gasteiger partial charge on any atom is -0.497 e. The van der Waals surface area contributed by atoms with Crippen molar-refractivity contribution in [3.63, 3.8) is 0 Å². The van der Waals surface area contributed by atoms with Gasteiger partial charge in [0.1, 0.15) is 11.6 Å². The molecule has 3 aliphatic rings. The first-order valence-corrected chi connectivity index (χ1v) is 13.3. The number of ether oxygens (including phenoxy) is 1. The van der Waals surface area contributed by atoms with E-state index in [9.17, 15) is 9.59 Å². The summed E-state index contributed by atoms with van der Waals surface area (Å²) in [5, 5.41) is 0.870. The van der Waals surface area contributed by atoms with E-state index in [2.05, 4.69) is 53.1 Å². The van der Waals surface area contributed by atoms with E-state index in [0.29, 0.717) is 41.1 Å². The SMILES string of the molecule is COc1ccc(C(=O)c2c3c(n(-c4ccccc4I)c4nc5ccccc5c2-4)CC(C)(C)CC3=O)cc1. The van der Waals surface area contributed by atoms with Crippen molar-refractivity contribution >= 4 is 45.1 Å². The molecule has 5 nitrogen and oxygen atoms in total. The Morgan fingerprint density at radius 3 is 2.38 bits per heavy atom. The Balaban J connectivity index is 1.78. The van der Waals surface area contributed by atoms with E-state index in [4.69, 9.17) is 9.72 Å². The van der Waals surface area contributed by atoms with Crippen LogP contribution in [0.4, 0.5) is 0 Å². The summed E-state index contributed by atoms with van der Waals surface area (Å²) in [4.78, 5) is 33.2. The van der Waals surface area contributed by atoms with Gasteiger partial charge in [0.05, 0.1) is 18.3 Å². The van der Waals surface area contributed by atoms with E-state index >= 15 is 0 Å². The minimum atomic E-state index is -0.244. The van der Waals surface area contributed by atoms with Crippen molar-refractivity contribution in [2.24, 2.45) is 5.41 Å². The average molecular weight is 600 g/mol. The van der Waals surface area contributed by atoms with Crippen molar-refractivity contribution < 1.29 is 14.3 Å². The fraction of sp³-hybridized carbons (Fsp3) is 0.194. The highest BCUT2D eigenvalue weighted by Gasteiger charge is 2.40. The van der Waals surface area contributed by atoms with Crippen LogP contribution in [0.15, 0.2) is 72.8 Å². The Labute approximate surface area is 229 Å². The lowest BCUT2D eigenvalue weighted by Gasteiger charge is -2.35. The summed E-state index contributed by atoms with van der Waals surface area (Å²) >= 11 is 2.33. The molecule has 0 atom stereocenters. The fourth-order valence-electron chi connectivity index (χ4n) is 5.50. The lowest BCUT2D eigenvalue weighted by Crippen LogP contribution is -2.33. The number of pyridine rings is 1. The number of nitrogens with zero attached hydrogens (tertiary/aromatic N) is 2. The number of aromatic nitrogens is 2. The van der Waals surface area contributed by atoms with Crippen LogP contribution in [0.5, 0.6) is 5.75 Å². The molecule has 0 N–H and O–H groups in total. The fourth-order valence-corrected chi connectivity index (χ4v) is 6.13. The quantitative estimate of drug-likeness (QED) is 0.163. The van der Waals surface area contributed by atoms with Crippen LogP contribution in [0.3, 0.4) is 0 Å². The summed E-state index contributed by atoms with van der Waals surface area (Å²) < 4.78 is 8.47. The molecule has 1 aliphatic carbocycles. The summed E-state index contributed by atoms with van der Waals surface area (Å²) in [5.41, 5.74) is 4.57. The molecule has 184 valence electrons. The predicted octanol–water partition coefficient (Wildman–Crippen LogP) is 7.13. The molecule has 0 radical (unpaired) electrons. The monoisotopic (exact) mass is 600 g/mol. The van der Waals surface area contributed by atoms with Gasteiger partial charge in [0.15, 0.2) is 11.6 Å². The van der Waals surface area contributed by atoms with Crippen LogP contribution < -0.4 is 4.74 Å². The van der Waals surface area contributed by atoms with Crippen molar-refractivity contribution in [3.05, 3.63) is 98.8 Å². The number of fused-ring (bicyclic) bond motifs is 4. The van der Waals surface area contributed by atoms with Crippen molar-refractivity contribution in [1.82, 2.24) is 9.55 Å². The normalized spacial score (nSPS) is 14.6. The van der Waals surface area contributed by atoms with E-state index in [-0.39, 0.29) is 17.0 Å². The Morgan fingerprint density at radius 1 is 0.946 bits per heavy atom. The number of benzene rings is 3. The second kappa shape index (κ2) is 8.80. The highest BCUT2D eigenvalue weighted by Crippen LogP contribution is 2.46. The lowest BCUT2D eigenvalue weighted by atomic mass is 9.72. The predicted molar refractivity (Wildman–Crippen MR) is 153 cm³/mol. The highest BCUT2D eigenvalue weighted by atomic mass is 127. The first kappa shape index (κ1) is 23.9. The molecule has 0 amide bonds. The van der Waals surface area contributed by atoms with Crippen molar-refractivity contribution in [3.8, 4) is 22.8 Å². The van der Waals surface area contributed by atoms with E-state index < -0.39 is 0 Å². The molecule has 0 saturated carbocycles. The zero-order valence-corrected chi connectivity index (χ0v) is 23.0. The van der Waals surface area contributed by atoms with Crippen LogP contribution in [0, 0.1) is 8.99 Å². The van der Waals surface area contributed by atoms with Gasteiger partial charge in [0.2, 0.25) is 0 Å². The van der Waals surface area contributed by atoms with Gasteiger partial charge >= 0.3 is 0 Å². The molecular formula is C31H25IN2O3. The Hall–Kier alpha value is -3.52. The largest absolute Gasteiger partial charge is 0.497 e. The third kappa shape index (κ3) is 3.85. The van der Waals surface area contributed by atoms with Crippen LogP contribution >= 0.6 is 22.6 Å². The number of rotatable bonds is 4. The van der Waals surface area contributed by atoms with E-state index in [1.165, 1.54) is 0 Å². The molecule has 3 aromatic carbocycles. The van der Waals surface area contributed by atoms with Gasteiger partial charge in [-0.15, -0.1) is 0 Å². The molecule has 6 rings (SSSR count). The number of ketones is 2. The second-order valence-corrected chi connectivity index (χ2v) is 11.5. The van der Waals surface area contributed by atoms with Crippen molar-refractivity contribution in [2.75, 3.05) is 7.11 Å². The lowest BCUT2D eigenvalue weighted by molar-refractivity contribution is 0.0899. The summed E-state index contributed by atoms with van der Waals surface area (Å²) in [6.45, 7) is 4.22. The van der Waals surface area contributed by atoms with Crippen LogP contribution in [0.25, 0.3) is 28.0 Å². The van der Waals surface area contributed by atoms with Crippen molar-refractivity contribution in [2.45, 2.75) is 26.7 Å². The molecule has 0 bridgehead atoms. The van der Waals surface area contributed by atoms with E-state index in [1.54, 1.807) is 31.4 Å². The van der Waals surface area contributed by atoms with Crippen LogP contribution in [0.2, 0.25) is 0 Å². The maximum atomic E-state index is 14.3. The van der Waals surface area contributed by atoms with Gasteiger partial charge in [0, 0.05) is 43.3 Å². The molecule has 37 heavy (non-hydrogen) atoms. The van der Waals surface area contributed by atoms with Gasteiger partial charge in [-0.25, -0.2) is 4.98 Å². The Morgan fingerprint density at radius 2 is 1.65 bits per heavy atom. The molecule has 0 fully saturated rings. The van der Waals surface area contributed by atoms with Gasteiger partial charge in [-0.1, -0.05) is 44.2 Å². The van der Waals surface area contributed by atoms with E-state index in [0.717, 1.165) is 31.4 Å². The Kier molecular flexibility index (Phi) is 5.67. The molecule has 2 aliphatic heterocycles. The summed E-state index contributed by atoms with van der Waals surface area (Å²) in [5.74, 6) is 1.19. The number of hydrogen-bond donors (Lipinski definition) is 0. The van der Waals surface area contributed by atoms with Gasteiger partial charge < -0.3 is 4.74 Å².